The van der Waals surface area contributed by atoms with Crippen molar-refractivity contribution in [3.05, 3.63) is 40.3 Å². The number of carboxylic acids is 1. The molecule has 1 atom stereocenters. The first-order chi connectivity index (χ1) is 20.8. The normalized spacial score (nSPS) is 16.7. The van der Waals surface area contributed by atoms with Gasteiger partial charge in [0.25, 0.3) is 5.89 Å². The van der Waals surface area contributed by atoms with Crippen LogP contribution in [0.2, 0.25) is 0 Å². The van der Waals surface area contributed by atoms with Crippen molar-refractivity contribution in [3.63, 3.8) is 0 Å². The van der Waals surface area contributed by atoms with E-state index in [1.807, 2.05) is 45.4 Å². The molecule has 11 heteroatoms. The predicted molar refractivity (Wildman–Crippen MR) is 165 cm³/mol. The van der Waals surface area contributed by atoms with Crippen LogP contribution in [0, 0.1) is 25.6 Å². The number of carbonyl (C=O) groups is 1. The van der Waals surface area contributed by atoms with Crippen LogP contribution < -0.4 is 9.64 Å². The molecule has 0 radical (unpaired) electrons. The van der Waals surface area contributed by atoms with E-state index in [1.54, 1.807) is 6.92 Å². The summed E-state index contributed by atoms with van der Waals surface area (Å²) in [5, 5.41) is 19.8. The fraction of sp³-hybridized carbons (Fsp3) is 0.515. The van der Waals surface area contributed by atoms with E-state index in [9.17, 15) is 9.90 Å². The van der Waals surface area contributed by atoms with Crippen LogP contribution in [0.1, 0.15) is 75.4 Å². The summed E-state index contributed by atoms with van der Waals surface area (Å²) in [4.78, 5) is 19.8. The van der Waals surface area contributed by atoms with Crippen molar-refractivity contribution in [3.8, 4) is 28.5 Å². The minimum Gasteiger partial charge on any atom is -0.490 e. The van der Waals surface area contributed by atoms with Gasteiger partial charge in [0.2, 0.25) is 0 Å². The molecular formula is C33H40FN5O5. The molecule has 1 N–H and O–H groups in total. The van der Waals surface area contributed by atoms with Gasteiger partial charge in [-0.25, -0.2) is 14.2 Å². The first-order valence-corrected chi connectivity index (χ1v) is 15.3. The quantitative estimate of drug-likeness (QED) is 0.261. The molecule has 2 aliphatic heterocycles. The van der Waals surface area contributed by atoms with Crippen LogP contribution in [-0.2, 0) is 23.0 Å². The van der Waals surface area contributed by atoms with E-state index in [2.05, 4.69) is 22.0 Å². The Kier molecular flexibility index (Phi) is 7.63. The second kappa shape index (κ2) is 11.2. The SMILES string of the molecule is Cc1nc2c(cc(-c3nnc(N4CCC(C)CC4)o3)n2C)c(-c2cc(F)c3c(c2C)CCCO3)c1[C@H](OC(C)(C)C)C(=O)O. The summed E-state index contributed by atoms with van der Waals surface area (Å²) in [6, 6.07) is 3.79. The van der Waals surface area contributed by atoms with Gasteiger partial charge in [-0.15, -0.1) is 5.10 Å². The van der Waals surface area contributed by atoms with E-state index in [0.717, 1.165) is 43.5 Å². The number of hydrogen-bond donors (Lipinski definition) is 1. The summed E-state index contributed by atoms with van der Waals surface area (Å²) < 4.78 is 35.6. The maximum atomic E-state index is 15.7. The smallest absolute Gasteiger partial charge is 0.337 e. The van der Waals surface area contributed by atoms with E-state index < -0.39 is 23.5 Å². The number of rotatable bonds is 6. The highest BCUT2D eigenvalue weighted by atomic mass is 19.1. The van der Waals surface area contributed by atoms with Crippen molar-refractivity contribution in [2.24, 2.45) is 13.0 Å². The van der Waals surface area contributed by atoms with E-state index in [-0.39, 0.29) is 5.75 Å². The molecule has 0 bridgehead atoms. The van der Waals surface area contributed by atoms with Crippen molar-refractivity contribution < 1.29 is 28.2 Å². The fourth-order valence-corrected chi connectivity index (χ4v) is 6.42. The molecule has 0 saturated carbocycles. The van der Waals surface area contributed by atoms with Crippen LogP contribution in [0.25, 0.3) is 33.7 Å². The standard InChI is InChI=1S/C33H40FN5O5/c1-17-10-12-39(13-11-17)32-37-36-30(43-32)24-16-22-26(21-15-23(34)27-20(18(21)2)9-8-14-42-27)25(19(3)35-29(22)38(24)7)28(31(40)41)44-33(4,5)6/h15-17,28H,8-14H2,1-7H3,(H,40,41)/t28-/m0/s1. The monoisotopic (exact) mass is 605 g/mol. The lowest BCUT2D eigenvalue weighted by atomic mass is 9.86. The highest BCUT2D eigenvalue weighted by molar-refractivity contribution is 6.01. The van der Waals surface area contributed by atoms with Gasteiger partial charge in [0, 0.05) is 47.9 Å². The molecule has 2 aliphatic rings. The average Bonchev–Trinajstić information content (AvgIpc) is 3.58. The third-order valence-corrected chi connectivity index (χ3v) is 8.75. The van der Waals surface area contributed by atoms with E-state index in [0.29, 0.717) is 70.0 Å². The zero-order valence-corrected chi connectivity index (χ0v) is 26.5. The van der Waals surface area contributed by atoms with Crippen LogP contribution in [-0.4, -0.2) is 56.1 Å². The molecule has 10 nitrogen and oxygen atoms in total. The third kappa shape index (κ3) is 5.31. The van der Waals surface area contributed by atoms with Gasteiger partial charge in [-0.1, -0.05) is 12.0 Å². The number of nitrogens with zero attached hydrogens (tertiary/aromatic N) is 5. The maximum Gasteiger partial charge on any atom is 0.337 e. The van der Waals surface area contributed by atoms with Gasteiger partial charge in [-0.2, -0.15) is 0 Å². The molecule has 6 rings (SSSR count). The minimum absolute atomic E-state index is 0.265. The molecule has 0 unspecified atom stereocenters. The molecule has 44 heavy (non-hydrogen) atoms. The second-order valence-electron chi connectivity index (χ2n) is 13.1. The van der Waals surface area contributed by atoms with Crippen molar-refractivity contribution in [2.45, 2.75) is 78.9 Å². The van der Waals surface area contributed by atoms with Gasteiger partial charge in [0.1, 0.15) is 11.3 Å². The molecule has 1 saturated heterocycles. The number of fused-ring (bicyclic) bond motifs is 2. The number of carboxylic acid groups (broad SMARTS) is 1. The van der Waals surface area contributed by atoms with E-state index in [1.165, 1.54) is 6.07 Å². The number of benzene rings is 1. The first kappa shape index (κ1) is 30.1. The number of aliphatic carboxylic acids is 1. The van der Waals surface area contributed by atoms with Crippen molar-refractivity contribution >= 4 is 23.0 Å². The van der Waals surface area contributed by atoms with Gasteiger partial charge < -0.3 is 28.5 Å². The number of anilines is 1. The average molecular weight is 606 g/mol. The Hall–Kier alpha value is -3.99. The Morgan fingerprint density at radius 3 is 2.59 bits per heavy atom. The molecular weight excluding hydrogens is 565 g/mol. The summed E-state index contributed by atoms with van der Waals surface area (Å²) in [6.07, 6.45) is 2.20. The number of halogens is 1. The lowest BCUT2D eigenvalue weighted by molar-refractivity contribution is -0.160. The number of aromatic nitrogens is 4. The van der Waals surface area contributed by atoms with Crippen molar-refractivity contribution in [1.82, 2.24) is 19.7 Å². The number of aryl methyl sites for hydroxylation is 2. The summed E-state index contributed by atoms with van der Waals surface area (Å²) >= 11 is 0. The topological polar surface area (TPSA) is 116 Å². The Morgan fingerprint density at radius 1 is 1.18 bits per heavy atom. The number of hydrogen-bond acceptors (Lipinski definition) is 8. The summed E-state index contributed by atoms with van der Waals surface area (Å²) in [5.74, 6) is -0.383. The first-order valence-electron chi connectivity index (χ1n) is 15.3. The summed E-state index contributed by atoms with van der Waals surface area (Å²) in [5.41, 5.74) is 4.03. The van der Waals surface area contributed by atoms with Crippen molar-refractivity contribution in [2.75, 3.05) is 24.6 Å². The summed E-state index contributed by atoms with van der Waals surface area (Å²) in [6.45, 7) is 13.5. The van der Waals surface area contributed by atoms with Gasteiger partial charge in [0.05, 0.1) is 12.2 Å². The molecule has 0 amide bonds. The van der Waals surface area contributed by atoms with Crippen LogP contribution >= 0.6 is 0 Å². The summed E-state index contributed by atoms with van der Waals surface area (Å²) in [7, 11) is 1.86. The molecule has 3 aromatic heterocycles. The van der Waals surface area contributed by atoms with Gasteiger partial charge in [-0.05, 0) is 89.5 Å². The molecule has 1 fully saturated rings. The van der Waals surface area contributed by atoms with E-state index >= 15 is 4.39 Å². The lowest BCUT2D eigenvalue weighted by Crippen LogP contribution is -2.32. The molecule has 1 aromatic carbocycles. The van der Waals surface area contributed by atoms with Gasteiger partial charge >= 0.3 is 12.0 Å². The number of pyridine rings is 1. The minimum atomic E-state index is -1.35. The van der Waals surface area contributed by atoms with Crippen LogP contribution in [0.4, 0.5) is 10.4 Å². The Morgan fingerprint density at radius 2 is 1.91 bits per heavy atom. The molecule has 0 spiro atoms. The van der Waals surface area contributed by atoms with Crippen LogP contribution in [0.5, 0.6) is 5.75 Å². The third-order valence-electron chi connectivity index (χ3n) is 8.75. The molecule has 0 aliphatic carbocycles. The van der Waals surface area contributed by atoms with Crippen LogP contribution in [0.15, 0.2) is 16.5 Å². The number of ether oxygens (including phenoxy) is 2. The second-order valence-corrected chi connectivity index (χ2v) is 13.1. The predicted octanol–water partition coefficient (Wildman–Crippen LogP) is 6.55. The lowest BCUT2D eigenvalue weighted by Gasteiger charge is -2.29. The number of piperidine rings is 1. The fourth-order valence-electron chi connectivity index (χ4n) is 6.42. The zero-order valence-electron chi connectivity index (χ0n) is 26.5. The highest BCUT2D eigenvalue weighted by Crippen LogP contribution is 2.45. The largest absolute Gasteiger partial charge is 0.490 e. The Bertz CT molecular complexity index is 1750. The maximum absolute atomic E-state index is 15.7. The highest BCUT2D eigenvalue weighted by Gasteiger charge is 2.35. The Balaban J connectivity index is 1.59. The van der Waals surface area contributed by atoms with Crippen LogP contribution in [0.3, 0.4) is 0 Å². The van der Waals surface area contributed by atoms with Gasteiger partial charge in [-0.3, -0.25) is 0 Å². The molecule has 5 heterocycles. The zero-order chi connectivity index (χ0) is 31.5. The Labute approximate surface area is 256 Å². The van der Waals surface area contributed by atoms with Gasteiger partial charge in [0.15, 0.2) is 17.7 Å². The molecule has 234 valence electrons. The molecule has 4 aromatic rings. The van der Waals surface area contributed by atoms with E-state index in [4.69, 9.17) is 18.9 Å². The van der Waals surface area contributed by atoms with Crippen molar-refractivity contribution in [1.29, 1.82) is 0 Å².